The molecule has 0 unspecified atom stereocenters. The number of halogens is 1. The summed E-state index contributed by atoms with van der Waals surface area (Å²) in [6.45, 7) is 0.0790. The van der Waals surface area contributed by atoms with Crippen molar-refractivity contribution in [2.45, 2.75) is 4.90 Å². The third kappa shape index (κ3) is 7.94. The van der Waals surface area contributed by atoms with Crippen LogP contribution in [0.25, 0.3) is 0 Å². The molecule has 0 aromatic heterocycles. The molecule has 0 heterocycles. The molecule has 0 aliphatic carbocycles. The third-order valence-corrected chi connectivity index (χ3v) is 5.47. The quantitative estimate of drug-likeness (QED) is 0.630. The molecular weight excluding hydrogens is 426 g/mol. The molecule has 1 amide bonds. The standard InChI is InChI=1S/C17H18BrNO4S2/c1-25(21,22)10-9-23-15-4-2-3-14(11-15)19-17(20)12-24-16-7-5-13(18)6-8-16/h2-8,11H,9-10,12H2,1H3,(H,19,20). The van der Waals surface area contributed by atoms with Crippen LogP contribution in [0.1, 0.15) is 0 Å². The minimum Gasteiger partial charge on any atom is -0.492 e. The van der Waals surface area contributed by atoms with E-state index in [1.807, 2.05) is 24.3 Å². The van der Waals surface area contributed by atoms with Gasteiger partial charge in [-0.25, -0.2) is 8.42 Å². The van der Waals surface area contributed by atoms with Gasteiger partial charge in [-0.2, -0.15) is 0 Å². The van der Waals surface area contributed by atoms with Crippen molar-refractivity contribution in [1.82, 2.24) is 0 Å². The Hall–Kier alpha value is -1.51. The highest BCUT2D eigenvalue weighted by Crippen LogP contribution is 2.22. The maximum atomic E-state index is 12.0. The molecule has 0 spiro atoms. The van der Waals surface area contributed by atoms with Gasteiger partial charge in [-0.15, -0.1) is 11.8 Å². The van der Waals surface area contributed by atoms with Crippen molar-refractivity contribution >= 4 is 49.1 Å². The van der Waals surface area contributed by atoms with Crippen LogP contribution in [0.3, 0.4) is 0 Å². The highest BCUT2D eigenvalue weighted by atomic mass is 79.9. The molecule has 0 fully saturated rings. The van der Waals surface area contributed by atoms with Crippen LogP contribution in [-0.2, 0) is 14.6 Å². The Kier molecular flexibility index (Phi) is 7.34. The zero-order chi connectivity index (χ0) is 18.3. The van der Waals surface area contributed by atoms with E-state index in [9.17, 15) is 13.2 Å². The molecule has 2 rings (SSSR count). The van der Waals surface area contributed by atoms with Gasteiger partial charge in [0.1, 0.15) is 12.4 Å². The summed E-state index contributed by atoms with van der Waals surface area (Å²) in [5, 5.41) is 2.80. The van der Waals surface area contributed by atoms with Crippen LogP contribution >= 0.6 is 27.7 Å². The van der Waals surface area contributed by atoms with Crippen LogP contribution in [0.15, 0.2) is 57.9 Å². The van der Waals surface area contributed by atoms with E-state index in [1.165, 1.54) is 11.8 Å². The lowest BCUT2D eigenvalue weighted by atomic mass is 10.3. The smallest absolute Gasteiger partial charge is 0.234 e. The van der Waals surface area contributed by atoms with Gasteiger partial charge in [0.15, 0.2) is 9.84 Å². The van der Waals surface area contributed by atoms with Crippen LogP contribution in [0, 0.1) is 0 Å². The summed E-state index contributed by atoms with van der Waals surface area (Å²) in [5.74, 6) is 0.636. The Morgan fingerprint density at radius 2 is 1.92 bits per heavy atom. The lowest BCUT2D eigenvalue weighted by molar-refractivity contribution is -0.113. The Morgan fingerprint density at radius 3 is 2.60 bits per heavy atom. The van der Waals surface area contributed by atoms with Gasteiger partial charge in [0, 0.05) is 27.4 Å². The molecule has 0 aliphatic rings. The minimum atomic E-state index is -3.06. The van der Waals surface area contributed by atoms with E-state index in [0.717, 1.165) is 15.6 Å². The number of rotatable bonds is 8. The van der Waals surface area contributed by atoms with E-state index >= 15 is 0 Å². The monoisotopic (exact) mass is 443 g/mol. The van der Waals surface area contributed by atoms with Gasteiger partial charge >= 0.3 is 0 Å². The molecule has 2 aromatic rings. The summed E-state index contributed by atoms with van der Waals surface area (Å²) >= 11 is 4.82. The molecule has 1 N–H and O–H groups in total. The minimum absolute atomic E-state index is 0.0482. The number of carbonyl (C=O) groups excluding carboxylic acids is 1. The number of nitrogens with one attached hydrogen (secondary N) is 1. The third-order valence-electron chi connectivity index (χ3n) is 3.02. The number of hydrogen-bond donors (Lipinski definition) is 1. The van der Waals surface area contributed by atoms with Crippen molar-refractivity contribution in [3.8, 4) is 5.75 Å². The summed E-state index contributed by atoms with van der Waals surface area (Å²) < 4.78 is 28.6. The second kappa shape index (κ2) is 9.26. The zero-order valence-electron chi connectivity index (χ0n) is 13.6. The molecule has 0 radical (unpaired) electrons. The second-order valence-electron chi connectivity index (χ2n) is 5.30. The fourth-order valence-electron chi connectivity index (χ4n) is 1.85. The van der Waals surface area contributed by atoms with Crippen molar-refractivity contribution < 1.29 is 17.9 Å². The summed E-state index contributed by atoms with van der Waals surface area (Å²) in [7, 11) is -3.06. The van der Waals surface area contributed by atoms with Gasteiger partial charge in [-0.05, 0) is 36.4 Å². The van der Waals surface area contributed by atoms with E-state index in [1.54, 1.807) is 24.3 Å². The maximum absolute atomic E-state index is 12.0. The largest absolute Gasteiger partial charge is 0.492 e. The predicted octanol–water partition coefficient (Wildman–Crippen LogP) is 3.60. The van der Waals surface area contributed by atoms with Gasteiger partial charge in [-0.1, -0.05) is 22.0 Å². The first kappa shape index (κ1) is 19.8. The number of thioether (sulfide) groups is 1. The Labute approximate surface area is 160 Å². The molecule has 134 valence electrons. The molecule has 0 saturated heterocycles. The summed E-state index contributed by atoms with van der Waals surface area (Å²) in [4.78, 5) is 13.1. The summed E-state index contributed by atoms with van der Waals surface area (Å²) in [5.41, 5.74) is 0.610. The number of amides is 1. The average molecular weight is 444 g/mol. The molecule has 2 aromatic carbocycles. The number of benzene rings is 2. The first-order valence-electron chi connectivity index (χ1n) is 7.41. The predicted molar refractivity (Wildman–Crippen MR) is 105 cm³/mol. The second-order valence-corrected chi connectivity index (χ2v) is 9.52. The van der Waals surface area contributed by atoms with Gasteiger partial charge in [0.05, 0.1) is 11.5 Å². The van der Waals surface area contributed by atoms with Crippen molar-refractivity contribution in [2.75, 3.05) is 29.7 Å². The van der Waals surface area contributed by atoms with Crippen LogP contribution in [0.2, 0.25) is 0 Å². The maximum Gasteiger partial charge on any atom is 0.234 e. The van der Waals surface area contributed by atoms with Gasteiger partial charge in [0.2, 0.25) is 5.91 Å². The SMILES string of the molecule is CS(=O)(=O)CCOc1cccc(NC(=O)CSc2ccc(Br)cc2)c1. The fourth-order valence-corrected chi connectivity index (χ4v) is 3.20. The van der Waals surface area contributed by atoms with Crippen LogP contribution < -0.4 is 10.1 Å². The Bertz CT molecular complexity index is 823. The molecule has 0 aliphatic heterocycles. The highest BCUT2D eigenvalue weighted by molar-refractivity contribution is 9.10. The van der Waals surface area contributed by atoms with Crippen molar-refractivity contribution in [3.05, 3.63) is 53.0 Å². The van der Waals surface area contributed by atoms with Gasteiger partial charge in [-0.3, -0.25) is 4.79 Å². The number of ether oxygens (including phenoxy) is 1. The molecule has 8 heteroatoms. The number of hydrogen-bond acceptors (Lipinski definition) is 5. The van der Waals surface area contributed by atoms with Crippen molar-refractivity contribution in [1.29, 1.82) is 0 Å². The normalized spacial score (nSPS) is 11.1. The zero-order valence-corrected chi connectivity index (χ0v) is 16.8. The molecule has 0 bridgehead atoms. The number of sulfone groups is 1. The van der Waals surface area contributed by atoms with Crippen molar-refractivity contribution in [3.63, 3.8) is 0 Å². The van der Waals surface area contributed by atoms with E-state index in [0.29, 0.717) is 17.2 Å². The lowest BCUT2D eigenvalue weighted by Gasteiger charge is -2.09. The average Bonchev–Trinajstić information content (AvgIpc) is 2.53. The first-order valence-corrected chi connectivity index (χ1v) is 11.2. The van der Waals surface area contributed by atoms with Gasteiger partial charge < -0.3 is 10.1 Å². The van der Waals surface area contributed by atoms with Crippen LogP contribution in [0.5, 0.6) is 5.75 Å². The fraction of sp³-hybridized carbons (Fsp3) is 0.235. The molecule has 0 saturated carbocycles. The molecule has 25 heavy (non-hydrogen) atoms. The number of carbonyl (C=O) groups is 1. The Balaban J connectivity index is 1.83. The van der Waals surface area contributed by atoms with Gasteiger partial charge in [0.25, 0.3) is 0 Å². The lowest BCUT2D eigenvalue weighted by Crippen LogP contribution is -2.14. The molecule has 5 nitrogen and oxygen atoms in total. The van der Waals surface area contributed by atoms with E-state index in [2.05, 4.69) is 21.2 Å². The van der Waals surface area contributed by atoms with Crippen molar-refractivity contribution in [2.24, 2.45) is 0 Å². The van der Waals surface area contributed by atoms with E-state index in [-0.39, 0.29) is 18.3 Å². The summed E-state index contributed by atoms with van der Waals surface area (Å²) in [6, 6.07) is 14.6. The highest BCUT2D eigenvalue weighted by Gasteiger charge is 2.06. The Morgan fingerprint density at radius 1 is 1.20 bits per heavy atom. The topological polar surface area (TPSA) is 72.5 Å². The van der Waals surface area contributed by atoms with E-state index < -0.39 is 9.84 Å². The first-order chi connectivity index (χ1) is 11.8. The molecule has 0 atom stereocenters. The van der Waals surface area contributed by atoms with Crippen LogP contribution in [-0.4, -0.2) is 38.7 Å². The molecular formula is C17H18BrNO4S2. The number of anilines is 1. The van der Waals surface area contributed by atoms with E-state index in [4.69, 9.17) is 4.74 Å². The summed E-state index contributed by atoms with van der Waals surface area (Å²) in [6.07, 6.45) is 1.16. The van der Waals surface area contributed by atoms with Crippen LogP contribution in [0.4, 0.5) is 5.69 Å².